The summed E-state index contributed by atoms with van der Waals surface area (Å²) >= 11 is 0. The second kappa shape index (κ2) is 34.9. The lowest BCUT2D eigenvalue weighted by molar-refractivity contribution is -0.154. The van der Waals surface area contributed by atoms with Gasteiger partial charge in [-0.05, 0) is 100 Å². The highest BCUT2D eigenvalue weighted by Gasteiger charge is 2.45. The maximum absolute atomic E-state index is 15.1. The van der Waals surface area contributed by atoms with E-state index >= 15 is 4.79 Å². The first-order chi connectivity index (χ1) is 39.2. The van der Waals surface area contributed by atoms with E-state index in [1.54, 1.807) is 67.5 Å². The molecule has 0 bridgehead atoms. The van der Waals surface area contributed by atoms with Crippen molar-refractivity contribution in [1.82, 2.24) is 56.0 Å². The minimum absolute atomic E-state index is 0.118. The third-order valence-corrected chi connectivity index (χ3v) is 15.8. The van der Waals surface area contributed by atoms with Gasteiger partial charge < -0.3 is 61.1 Å². The molecule has 0 aliphatic carbocycles. The van der Waals surface area contributed by atoms with E-state index in [0.717, 1.165) is 9.80 Å². The molecule has 1 aliphatic rings. The molecule has 85 heavy (non-hydrogen) atoms. The molecule has 1 rings (SSSR count). The highest BCUT2D eigenvalue weighted by molar-refractivity contribution is 5.99. The molecular weight excluding hydrogens is 1090 g/mol. The summed E-state index contributed by atoms with van der Waals surface area (Å²) in [6.07, 6.45) is 2.96. The molecule has 1 heterocycles. The van der Waals surface area contributed by atoms with E-state index < -0.39 is 162 Å². The van der Waals surface area contributed by atoms with Crippen molar-refractivity contribution >= 4 is 65.0 Å². The van der Waals surface area contributed by atoms with Crippen molar-refractivity contribution in [1.29, 1.82) is 0 Å². The number of hydrogen-bond acceptors (Lipinski definition) is 12. The average Bonchev–Trinajstić information content (AvgIpc) is 3.50. The maximum Gasteiger partial charge on any atom is 0.246 e. The van der Waals surface area contributed by atoms with Crippen molar-refractivity contribution in [3.8, 4) is 0 Å². The molecule has 0 aromatic carbocycles. The molecule has 486 valence electrons. The van der Waals surface area contributed by atoms with Gasteiger partial charge >= 0.3 is 0 Å². The lowest BCUT2D eigenvalue weighted by Crippen LogP contribution is -2.64. The van der Waals surface area contributed by atoms with Crippen molar-refractivity contribution < 1.29 is 57.8 Å². The predicted molar refractivity (Wildman–Crippen MR) is 328 cm³/mol. The first-order valence-corrected chi connectivity index (χ1v) is 30.5. The Bertz CT molecular complexity index is 2320. The largest absolute Gasteiger partial charge is 0.390 e. The van der Waals surface area contributed by atoms with E-state index in [1.165, 1.54) is 75.7 Å². The van der Waals surface area contributed by atoms with Gasteiger partial charge in [-0.1, -0.05) is 116 Å². The van der Waals surface area contributed by atoms with Gasteiger partial charge in [0, 0.05) is 42.3 Å². The fourth-order valence-corrected chi connectivity index (χ4v) is 10.5. The normalized spacial score (nSPS) is 26.8. The quantitative estimate of drug-likeness (QED) is 0.129. The van der Waals surface area contributed by atoms with E-state index in [9.17, 15) is 53.1 Å². The van der Waals surface area contributed by atoms with Gasteiger partial charge in [0.2, 0.25) is 65.0 Å². The van der Waals surface area contributed by atoms with E-state index in [4.69, 9.17) is 0 Å². The molecule has 1 fully saturated rings. The molecule has 6 N–H and O–H groups in total. The maximum atomic E-state index is 15.1. The fourth-order valence-electron chi connectivity index (χ4n) is 10.5. The van der Waals surface area contributed by atoms with Gasteiger partial charge in [0.15, 0.2) is 0 Å². The molecule has 0 spiro atoms. The Morgan fingerprint density at radius 2 is 0.835 bits per heavy atom. The molecule has 4 unspecified atom stereocenters. The summed E-state index contributed by atoms with van der Waals surface area (Å²) in [5.74, 6) is -10.5. The number of amides is 11. The van der Waals surface area contributed by atoms with E-state index in [-0.39, 0.29) is 49.4 Å². The van der Waals surface area contributed by atoms with Gasteiger partial charge in [0.1, 0.15) is 60.4 Å². The van der Waals surface area contributed by atoms with Crippen molar-refractivity contribution in [2.75, 3.05) is 48.8 Å². The second-order valence-corrected chi connectivity index (χ2v) is 26.4. The van der Waals surface area contributed by atoms with Gasteiger partial charge in [-0.3, -0.25) is 52.7 Å². The molecular formula is C62H111N11O12. The number of carbonyl (C=O) groups is 11. The second-order valence-electron chi connectivity index (χ2n) is 26.4. The summed E-state index contributed by atoms with van der Waals surface area (Å²) in [5.41, 5.74) is 0. The minimum atomic E-state index is -1.62. The number of aliphatic hydroxyl groups is 1. The van der Waals surface area contributed by atoms with Crippen LogP contribution in [0.3, 0.4) is 0 Å². The first kappa shape index (κ1) is 76.9. The summed E-state index contributed by atoms with van der Waals surface area (Å²) < 4.78 is 0. The fraction of sp³-hybridized carbons (Fsp3) is 0.790. The number of allylic oxidation sites excluding steroid dienone is 2. The number of nitrogens with one attached hydrogen (secondary N) is 5. The van der Waals surface area contributed by atoms with Crippen molar-refractivity contribution in [2.45, 2.75) is 223 Å². The first-order valence-electron chi connectivity index (χ1n) is 30.5. The molecule has 23 nitrogen and oxygen atoms in total. The van der Waals surface area contributed by atoms with E-state index in [0.29, 0.717) is 6.42 Å². The molecule has 0 aromatic heterocycles. The molecule has 1 aliphatic heterocycles. The van der Waals surface area contributed by atoms with Crippen LogP contribution < -0.4 is 26.6 Å². The summed E-state index contributed by atoms with van der Waals surface area (Å²) in [4.78, 5) is 167. The van der Waals surface area contributed by atoms with Gasteiger partial charge in [-0.15, -0.1) is 0 Å². The van der Waals surface area contributed by atoms with Crippen LogP contribution in [0.5, 0.6) is 0 Å². The van der Waals surface area contributed by atoms with Crippen molar-refractivity contribution in [3.63, 3.8) is 0 Å². The van der Waals surface area contributed by atoms with Crippen LogP contribution in [0, 0.1) is 47.3 Å². The average molecular weight is 1200 g/mol. The lowest BCUT2D eigenvalue weighted by atomic mass is 9.91. The predicted octanol–water partition coefficient (Wildman–Crippen LogP) is 3.17. The Morgan fingerprint density at radius 3 is 1.28 bits per heavy atom. The standard InChI is InChI=1S/C62H111N11O12/c1-25-26-27-40(16)52(75)51-57(80)67-48(37(10)11)60(83)68(19)32-47(74)69(20)44(29-34(4)5)56(79)66-49(38(12)13)61(84)71(22)45(30-35(6)7)54(77)63-41(17)53(76)64-42(18)58(81)70(21)46(31-36(8)9)55(78)65-43(28-33(2)3)59(82)72(23)50(39(14)15)62(85)73(51)24/h25-26,33-46,48-52,75H,27-32H2,1-24H3,(H,63,77)(H,64,76)(H,65,78)(H,66,79)(H,67,80)/b26-25+/t40-,41?,42-,43?,44-,45-,46+,48?,49-,50+,51?,52-/m1/s1. The Balaban J connectivity index is 4.31. The Morgan fingerprint density at radius 1 is 0.435 bits per heavy atom. The minimum Gasteiger partial charge on any atom is -0.390 e. The van der Waals surface area contributed by atoms with Crippen LogP contribution in [-0.2, 0) is 52.7 Å². The van der Waals surface area contributed by atoms with Crippen LogP contribution >= 0.6 is 0 Å². The number of carbonyl (C=O) groups excluding carboxylic acids is 11. The van der Waals surface area contributed by atoms with Crippen LogP contribution in [0.2, 0.25) is 0 Å². The van der Waals surface area contributed by atoms with Crippen LogP contribution in [0.4, 0.5) is 0 Å². The zero-order valence-electron chi connectivity index (χ0n) is 56.0. The highest BCUT2D eigenvalue weighted by Crippen LogP contribution is 2.24. The molecule has 0 radical (unpaired) electrons. The topological polar surface area (TPSA) is 288 Å². The highest BCUT2D eigenvalue weighted by atomic mass is 16.3. The number of aliphatic hydroxyl groups excluding tert-OH is 1. The SMILES string of the molecule is C/C=C/C[C@@H](C)[C@@H](O)C1C(=O)NC(C(C)C)C(=O)N(C)CC(=O)N(C)[C@H](CC(C)C)C(=O)N[C@H](C(C)C)C(=O)N(C)[C@H](CC(C)C)C(=O)NC(C)C(=O)N[C@H](C)C(=O)N(C)[C@@H](CC(C)C)C(=O)NC(CC(C)C)C(=O)N(C)[C@@H](C(C)C)C(=O)N1C. The summed E-state index contributed by atoms with van der Waals surface area (Å²) in [5, 5.41) is 26.0. The van der Waals surface area contributed by atoms with Crippen LogP contribution in [0.15, 0.2) is 12.2 Å². The number of nitrogens with zero attached hydrogens (tertiary/aromatic N) is 6. The number of hydrogen-bond donors (Lipinski definition) is 6. The van der Waals surface area contributed by atoms with Crippen molar-refractivity contribution in [3.05, 3.63) is 12.2 Å². The van der Waals surface area contributed by atoms with Crippen LogP contribution in [-0.4, -0.2) is 215 Å². The monoisotopic (exact) mass is 1200 g/mol. The third kappa shape index (κ3) is 22.3. The molecule has 0 saturated carbocycles. The number of likely N-dealkylation sites (N-methyl/N-ethyl adjacent to an activating group) is 6. The lowest BCUT2D eigenvalue weighted by Gasteiger charge is -2.40. The van der Waals surface area contributed by atoms with E-state index in [2.05, 4.69) is 26.6 Å². The Kier molecular flexibility index (Phi) is 31.5. The van der Waals surface area contributed by atoms with Crippen LogP contribution in [0.1, 0.15) is 157 Å². The third-order valence-electron chi connectivity index (χ3n) is 15.8. The molecule has 1 saturated heterocycles. The number of rotatable bonds is 15. The summed E-state index contributed by atoms with van der Waals surface area (Å²) in [6.45, 7) is 30.9. The van der Waals surface area contributed by atoms with Gasteiger partial charge in [0.25, 0.3) is 0 Å². The van der Waals surface area contributed by atoms with E-state index in [1.807, 2.05) is 55.4 Å². The van der Waals surface area contributed by atoms with Gasteiger partial charge in [0.05, 0.1) is 12.6 Å². The Labute approximate surface area is 508 Å². The van der Waals surface area contributed by atoms with Gasteiger partial charge in [-0.2, -0.15) is 0 Å². The zero-order chi connectivity index (χ0) is 66.0. The van der Waals surface area contributed by atoms with Crippen LogP contribution in [0.25, 0.3) is 0 Å². The summed E-state index contributed by atoms with van der Waals surface area (Å²) in [6, 6.07) is -12.5. The molecule has 23 heteroatoms. The molecule has 12 atom stereocenters. The zero-order valence-corrected chi connectivity index (χ0v) is 56.0. The Hall–Kier alpha value is -6.13. The summed E-state index contributed by atoms with van der Waals surface area (Å²) in [7, 11) is 8.41. The van der Waals surface area contributed by atoms with Gasteiger partial charge in [-0.25, -0.2) is 0 Å². The van der Waals surface area contributed by atoms with Crippen molar-refractivity contribution in [2.24, 2.45) is 47.3 Å². The molecule has 0 aromatic rings. The smallest absolute Gasteiger partial charge is 0.246 e. The molecule has 11 amide bonds.